The van der Waals surface area contributed by atoms with Crippen molar-refractivity contribution in [2.45, 2.75) is 34.1 Å². The third kappa shape index (κ3) is 5.73. The van der Waals surface area contributed by atoms with Gasteiger partial charge in [-0.15, -0.1) is 0 Å². The normalized spacial score (nSPS) is 17.0. The van der Waals surface area contributed by atoms with Crippen LogP contribution in [0, 0.1) is 12.8 Å². The van der Waals surface area contributed by atoms with E-state index in [1.54, 1.807) is 4.90 Å². The second kappa shape index (κ2) is 9.79. The molecule has 0 atom stereocenters. The third-order valence-corrected chi connectivity index (χ3v) is 5.36. The predicted molar refractivity (Wildman–Crippen MR) is 123 cm³/mol. The van der Waals surface area contributed by atoms with Gasteiger partial charge >= 0.3 is 0 Å². The zero-order valence-corrected chi connectivity index (χ0v) is 18.3. The number of amides is 1. The largest absolute Gasteiger partial charge is 0.493 e. The zero-order valence-electron chi connectivity index (χ0n) is 17.5. The first-order valence-electron chi connectivity index (χ1n) is 10.1. The summed E-state index contributed by atoms with van der Waals surface area (Å²) < 4.78 is 5.73. The summed E-state index contributed by atoms with van der Waals surface area (Å²) in [4.78, 5) is 20.1. The Balaban J connectivity index is 1.80. The summed E-state index contributed by atoms with van der Waals surface area (Å²) >= 11 is 1.44. The average Bonchev–Trinajstić information content (AvgIpc) is 2.98. The number of rotatable bonds is 7. The molecule has 3 rings (SSSR count). The molecule has 0 aliphatic carbocycles. The van der Waals surface area contributed by atoms with Crippen LogP contribution in [0.1, 0.15) is 38.3 Å². The Hall–Kier alpha value is -2.53. The molecule has 0 saturated carbocycles. The van der Waals surface area contributed by atoms with Crippen molar-refractivity contribution in [2.24, 2.45) is 10.9 Å². The monoisotopic (exact) mass is 408 g/mol. The van der Waals surface area contributed by atoms with Gasteiger partial charge in [-0.1, -0.05) is 50.6 Å². The highest BCUT2D eigenvalue weighted by Gasteiger charge is 2.32. The minimum absolute atomic E-state index is 0.0165. The molecule has 0 radical (unpaired) electrons. The average molecular weight is 409 g/mol. The van der Waals surface area contributed by atoms with Crippen LogP contribution in [0.25, 0.3) is 6.08 Å². The fourth-order valence-corrected chi connectivity index (χ4v) is 3.84. The van der Waals surface area contributed by atoms with E-state index in [0.29, 0.717) is 24.0 Å². The first-order valence-corrected chi connectivity index (χ1v) is 10.9. The Morgan fingerprint density at radius 3 is 2.41 bits per heavy atom. The number of carbonyl (C=O) groups is 1. The second-order valence-corrected chi connectivity index (χ2v) is 8.58. The Kier molecular flexibility index (Phi) is 7.15. The van der Waals surface area contributed by atoms with Crippen LogP contribution in [0.2, 0.25) is 0 Å². The standard InChI is InChI=1S/C24H28N2O2S/c1-5-14-26-23(27)22(29-24(26)25-20-10-6-18(4)7-11-20)15-19-8-12-21(13-9-19)28-16-17(2)3/h6-13,15,17H,5,14,16H2,1-4H3/b22-15+,25-24?. The van der Waals surface area contributed by atoms with E-state index in [1.165, 1.54) is 17.3 Å². The minimum atomic E-state index is 0.0165. The predicted octanol–water partition coefficient (Wildman–Crippen LogP) is 6.04. The Labute approximate surface area is 177 Å². The molecule has 1 saturated heterocycles. The lowest BCUT2D eigenvalue weighted by molar-refractivity contribution is -0.122. The van der Waals surface area contributed by atoms with Crippen molar-refractivity contribution in [1.29, 1.82) is 0 Å². The summed E-state index contributed by atoms with van der Waals surface area (Å²) in [5.74, 6) is 1.35. The zero-order chi connectivity index (χ0) is 20.8. The van der Waals surface area contributed by atoms with Crippen LogP contribution in [-0.2, 0) is 4.79 Å². The molecule has 2 aromatic rings. The number of benzene rings is 2. The van der Waals surface area contributed by atoms with Crippen molar-refractivity contribution in [2.75, 3.05) is 13.2 Å². The van der Waals surface area contributed by atoms with E-state index >= 15 is 0 Å². The number of aryl methyl sites for hydroxylation is 1. The first kappa shape index (κ1) is 21.2. The molecule has 4 nitrogen and oxygen atoms in total. The Morgan fingerprint density at radius 2 is 1.79 bits per heavy atom. The molecular formula is C24H28N2O2S. The van der Waals surface area contributed by atoms with Crippen LogP contribution in [0.4, 0.5) is 5.69 Å². The van der Waals surface area contributed by atoms with Crippen LogP contribution in [0.5, 0.6) is 5.75 Å². The number of amidine groups is 1. The van der Waals surface area contributed by atoms with Crippen molar-refractivity contribution in [1.82, 2.24) is 4.90 Å². The fourth-order valence-electron chi connectivity index (χ4n) is 2.82. The molecule has 1 aliphatic rings. The highest BCUT2D eigenvalue weighted by atomic mass is 32.2. The van der Waals surface area contributed by atoms with Gasteiger partial charge in [-0.3, -0.25) is 9.69 Å². The van der Waals surface area contributed by atoms with Crippen LogP contribution >= 0.6 is 11.8 Å². The van der Waals surface area contributed by atoms with E-state index in [9.17, 15) is 4.79 Å². The van der Waals surface area contributed by atoms with Crippen LogP contribution < -0.4 is 4.74 Å². The second-order valence-electron chi connectivity index (χ2n) is 7.57. The lowest BCUT2D eigenvalue weighted by Crippen LogP contribution is -2.29. The molecule has 1 aliphatic heterocycles. The Morgan fingerprint density at radius 1 is 1.10 bits per heavy atom. The van der Waals surface area contributed by atoms with Gasteiger partial charge in [0.05, 0.1) is 17.2 Å². The molecule has 0 N–H and O–H groups in total. The maximum atomic E-state index is 12.9. The van der Waals surface area contributed by atoms with Crippen LogP contribution in [-0.4, -0.2) is 29.1 Å². The highest BCUT2D eigenvalue weighted by molar-refractivity contribution is 8.18. The topological polar surface area (TPSA) is 41.9 Å². The lowest BCUT2D eigenvalue weighted by atomic mass is 10.2. The van der Waals surface area contributed by atoms with Gasteiger partial charge in [0.15, 0.2) is 5.17 Å². The fraction of sp³-hybridized carbons (Fsp3) is 0.333. The maximum Gasteiger partial charge on any atom is 0.266 e. The molecule has 1 fully saturated rings. The summed E-state index contributed by atoms with van der Waals surface area (Å²) in [5, 5.41) is 0.740. The van der Waals surface area contributed by atoms with E-state index in [4.69, 9.17) is 9.73 Å². The molecule has 1 heterocycles. The van der Waals surface area contributed by atoms with Gasteiger partial charge in [-0.05, 0) is 66.9 Å². The summed E-state index contributed by atoms with van der Waals surface area (Å²) in [6.45, 7) is 9.72. The molecule has 29 heavy (non-hydrogen) atoms. The van der Waals surface area contributed by atoms with E-state index in [-0.39, 0.29) is 5.91 Å². The van der Waals surface area contributed by atoms with Crippen molar-refractivity contribution in [3.63, 3.8) is 0 Å². The molecule has 0 aromatic heterocycles. The van der Waals surface area contributed by atoms with Crippen molar-refractivity contribution in [3.05, 3.63) is 64.6 Å². The van der Waals surface area contributed by atoms with Crippen LogP contribution in [0.3, 0.4) is 0 Å². The summed E-state index contributed by atoms with van der Waals surface area (Å²) in [5.41, 5.74) is 3.03. The van der Waals surface area contributed by atoms with Crippen molar-refractivity contribution < 1.29 is 9.53 Å². The summed E-state index contributed by atoms with van der Waals surface area (Å²) in [6.07, 6.45) is 2.81. The molecular weight excluding hydrogens is 380 g/mol. The molecule has 2 aromatic carbocycles. The van der Waals surface area contributed by atoms with E-state index in [0.717, 1.165) is 28.6 Å². The van der Waals surface area contributed by atoms with Gasteiger partial charge in [-0.2, -0.15) is 0 Å². The third-order valence-electron chi connectivity index (χ3n) is 4.36. The van der Waals surface area contributed by atoms with E-state index < -0.39 is 0 Å². The van der Waals surface area contributed by atoms with Crippen molar-refractivity contribution >= 4 is 34.6 Å². The number of hydrogen-bond donors (Lipinski definition) is 0. The first-order chi connectivity index (χ1) is 14.0. The smallest absolute Gasteiger partial charge is 0.266 e. The van der Waals surface area contributed by atoms with Crippen LogP contribution in [0.15, 0.2) is 58.4 Å². The summed E-state index contributed by atoms with van der Waals surface area (Å²) in [6, 6.07) is 15.9. The van der Waals surface area contributed by atoms with Gasteiger partial charge in [-0.25, -0.2) is 4.99 Å². The molecule has 1 amide bonds. The number of aliphatic imine (C=N–C) groups is 1. The Bertz CT molecular complexity index is 899. The molecule has 0 unspecified atom stereocenters. The lowest BCUT2D eigenvalue weighted by Gasteiger charge is -2.13. The van der Waals surface area contributed by atoms with Gasteiger partial charge in [0.1, 0.15) is 5.75 Å². The summed E-state index contributed by atoms with van der Waals surface area (Å²) in [7, 11) is 0. The van der Waals surface area contributed by atoms with Gasteiger partial charge in [0.25, 0.3) is 5.91 Å². The maximum absolute atomic E-state index is 12.9. The number of nitrogens with zero attached hydrogens (tertiary/aromatic N) is 2. The highest BCUT2D eigenvalue weighted by Crippen LogP contribution is 2.34. The van der Waals surface area contributed by atoms with Gasteiger partial charge < -0.3 is 4.74 Å². The molecule has 0 bridgehead atoms. The molecule has 5 heteroatoms. The molecule has 152 valence electrons. The number of carbonyl (C=O) groups excluding carboxylic acids is 1. The number of thioether (sulfide) groups is 1. The van der Waals surface area contributed by atoms with Gasteiger partial charge in [0.2, 0.25) is 0 Å². The molecule has 0 spiro atoms. The number of hydrogen-bond acceptors (Lipinski definition) is 4. The van der Waals surface area contributed by atoms with Gasteiger partial charge in [0, 0.05) is 6.54 Å². The van der Waals surface area contributed by atoms with E-state index in [1.807, 2.05) is 61.5 Å². The number of ether oxygens (including phenoxy) is 1. The minimum Gasteiger partial charge on any atom is -0.493 e. The van der Waals surface area contributed by atoms with Crippen molar-refractivity contribution in [3.8, 4) is 5.75 Å². The van der Waals surface area contributed by atoms with E-state index in [2.05, 4.69) is 20.8 Å². The quantitative estimate of drug-likeness (QED) is 0.524. The SMILES string of the molecule is CCCN1C(=O)/C(=C\c2ccc(OCC(C)C)cc2)SC1=Nc1ccc(C)cc1.